The fraction of sp³-hybridized carbons (Fsp3) is 0.400. The number of rotatable bonds is 5. The first kappa shape index (κ1) is 22.0. The van der Waals surface area contributed by atoms with E-state index in [2.05, 4.69) is 15.3 Å². The molecule has 33 heavy (non-hydrogen) atoms. The van der Waals surface area contributed by atoms with Gasteiger partial charge in [0.2, 0.25) is 5.13 Å². The van der Waals surface area contributed by atoms with Gasteiger partial charge in [-0.25, -0.2) is 0 Å². The highest BCUT2D eigenvalue weighted by Crippen LogP contribution is 2.23. The molecule has 0 spiro atoms. The van der Waals surface area contributed by atoms with Crippen LogP contribution in [-0.4, -0.2) is 70.6 Å². The van der Waals surface area contributed by atoms with E-state index in [0.717, 1.165) is 54.8 Å². The molecular formula is C25H30N5O2S+. The minimum Gasteiger partial charge on any atom is -0.393 e. The third kappa shape index (κ3) is 5.24. The van der Waals surface area contributed by atoms with Gasteiger partial charge >= 0.3 is 0 Å². The maximum atomic E-state index is 12.9. The second kappa shape index (κ2) is 9.99. The van der Waals surface area contributed by atoms with Crippen molar-refractivity contribution in [2.75, 3.05) is 44.2 Å². The lowest BCUT2D eigenvalue weighted by Gasteiger charge is -2.32. The van der Waals surface area contributed by atoms with Gasteiger partial charge in [-0.3, -0.25) is 4.79 Å². The molecule has 2 N–H and O–H groups in total. The Kier molecular flexibility index (Phi) is 6.66. The molecule has 2 aliphatic heterocycles. The third-order valence-corrected chi connectivity index (χ3v) is 7.35. The fourth-order valence-corrected chi connectivity index (χ4v) is 5.33. The summed E-state index contributed by atoms with van der Waals surface area (Å²) in [5.41, 5.74) is 3.01. The smallest absolute Gasteiger partial charge is 0.253 e. The predicted octanol–water partition coefficient (Wildman–Crippen LogP) is 1.71. The van der Waals surface area contributed by atoms with E-state index in [4.69, 9.17) is 4.98 Å². The first-order valence-corrected chi connectivity index (χ1v) is 12.5. The molecule has 7 nitrogen and oxygen atoms in total. The number of anilines is 1. The Morgan fingerprint density at radius 2 is 1.79 bits per heavy atom. The maximum absolute atomic E-state index is 12.9. The zero-order valence-corrected chi connectivity index (χ0v) is 19.5. The number of aromatic nitrogens is 2. The molecule has 0 radical (unpaired) electrons. The summed E-state index contributed by atoms with van der Waals surface area (Å²) >= 11 is 1.47. The van der Waals surface area contributed by atoms with E-state index in [-0.39, 0.29) is 12.0 Å². The van der Waals surface area contributed by atoms with Gasteiger partial charge in [0.15, 0.2) is 5.82 Å². The molecule has 3 aromatic rings. The van der Waals surface area contributed by atoms with E-state index in [1.807, 2.05) is 53.4 Å². The summed E-state index contributed by atoms with van der Waals surface area (Å²) in [6.45, 7) is 6.15. The summed E-state index contributed by atoms with van der Waals surface area (Å²) in [6.07, 6.45) is 1.07. The van der Waals surface area contributed by atoms with Gasteiger partial charge in [0.25, 0.3) is 5.91 Å². The Balaban J connectivity index is 1.16. The Morgan fingerprint density at radius 3 is 2.55 bits per heavy atom. The van der Waals surface area contributed by atoms with Gasteiger partial charge in [0.1, 0.15) is 6.54 Å². The molecule has 1 aromatic heterocycles. The fourth-order valence-electron chi connectivity index (χ4n) is 4.59. The number of benzene rings is 2. The minimum atomic E-state index is -0.271. The van der Waals surface area contributed by atoms with Crippen molar-refractivity contribution in [1.29, 1.82) is 0 Å². The van der Waals surface area contributed by atoms with E-state index in [9.17, 15) is 9.90 Å². The molecule has 0 bridgehead atoms. The highest BCUT2D eigenvalue weighted by molar-refractivity contribution is 7.09. The van der Waals surface area contributed by atoms with E-state index in [0.29, 0.717) is 25.9 Å². The Bertz CT molecular complexity index is 1070. The molecule has 5 rings (SSSR count). The first-order chi connectivity index (χ1) is 16.2. The summed E-state index contributed by atoms with van der Waals surface area (Å²) in [4.78, 5) is 23.3. The van der Waals surface area contributed by atoms with Crippen LogP contribution in [0.3, 0.4) is 0 Å². The van der Waals surface area contributed by atoms with Crippen molar-refractivity contribution >= 4 is 22.6 Å². The number of carbonyl (C=O) groups is 1. The molecule has 8 heteroatoms. The van der Waals surface area contributed by atoms with Crippen molar-refractivity contribution < 1.29 is 14.8 Å². The van der Waals surface area contributed by atoms with Gasteiger partial charge in [-0.2, -0.15) is 9.36 Å². The minimum absolute atomic E-state index is 0.0778. The van der Waals surface area contributed by atoms with Crippen LogP contribution in [0.4, 0.5) is 5.13 Å². The number of hydrogen-bond donors (Lipinski definition) is 2. The van der Waals surface area contributed by atoms with Crippen molar-refractivity contribution in [3.05, 3.63) is 65.7 Å². The standard InChI is InChI=1S/C25H29N5O2S/c31-22-9-11-29(12-10-22)24(32)21-8-4-5-19(17-21)18-28-13-15-30(16-14-28)25-26-23(27-33-25)20-6-2-1-3-7-20/h1-8,17,22,31H,9-16,18H2/p+1. The molecule has 3 heterocycles. The zero-order chi connectivity index (χ0) is 22.6. The van der Waals surface area contributed by atoms with Crippen LogP contribution in [0.1, 0.15) is 28.8 Å². The number of carbonyl (C=O) groups excluding carboxylic acids is 1. The van der Waals surface area contributed by atoms with E-state index >= 15 is 0 Å². The zero-order valence-electron chi connectivity index (χ0n) is 18.7. The Hall–Kier alpha value is -2.81. The largest absolute Gasteiger partial charge is 0.393 e. The normalized spacial score (nSPS) is 18.0. The molecule has 172 valence electrons. The van der Waals surface area contributed by atoms with Crippen LogP contribution in [0, 0.1) is 0 Å². The van der Waals surface area contributed by atoms with Gasteiger partial charge in [-0.1, -0.05) is 42.5 Å². The number of aliphatic hydroxyl groups is 1. The number of piperazine rings is 1. The second-order valence-electron chi connectivity index (χ2n) is 8.90. The molecule has 2 saturated heterocycles. The van der Waals surface area contributed by atoms with E-state index < -0.39 is 0 Å². The van der Waals surface area contributed by atoms with Gasteiger partial charge in [-0.05, 0) is 25.0 Å². The predicted molar refractivity (Wildman–Crippen MR) is 130 cm³/mol. The second-order valence-corrected chi connectivity index (χ2v) is 9.63. The quantitative estimate of drug-likeness (QED) is 0.601. The van der Waals surface area contributed by atoms with Gasteiger partial charge in [0.05, 0.1) is 32.3 Å². The monoisotopic (exact) mass is 464 g/mol. The molecule has 0 unspecified atom stereocenters. The van der Waals surface area contributed by atoms with Crippen molar-refractivity contribution in [2.24, 2.45) is 0 Å². The number of quaternary nitrogens is 1. The van der Waals surface area contributed by atoms with Crippen molar-refractivity contribution in [3.63, 3.8) is 0 Å². The number of aliphatic hydroxyl groups excluding tert-OH is 1. The number of hydrogen-bond acceptors (Lipinski definition) is 6. The van der Waals surface area contributed by atoms with Crippen molar-refractivity contribution in [2.45, 2.75) is 25.5 Å². The third-order valence-electron chi connectivity index (χ3n) is 6.57. The van der Waals surface area contributed by atoms with Crippen molar-refractivity contribution in [3.8, 4) is 11.4 Å². The average molecular weight is 465 g/mol. The lowest BCUT2D eigenvalue weighted by Crippen LogP contribution is -3.13. The summed E-state index contributed by atoms with van der Waals surface area (Å²) in [6, 6.07) is 18.2. The SMILES string of the molecule is O=C(c1cccc(C[NH+]2CCN(c3nc(-c4ccccc4)ns3)CC2)c1)N1CCC(O)CC1. The van der Waals surface area contributed by atoms with Crippen LogP contribution in [0.15, 0.2) is 54.6 Å². The van der Waals surface area contributed by atoms with Crippen LogP contribution in [0.5, 0.6) is 0 Å². The lowest BCUT2D eigenvalue weighted by molar-refractivity contribution is -0.914. The number of piperidine rings is 1. The van der Waals surface area contributed by atoms with Crippen LogP contribution in [0.25, 0.3) is 11.4 Å². The summed E-state index contributed by atoms with van der Waals surface area (Å²) in [5, 5.41) is 10.7. The number of amides is 1. The number of likely N-dealkylation sites (tertiary alicyclic amines) is 1. The summed E-state index contributed by atoms with van der Waals surface area (Å²) in [5.74, 6) is 0.879. The van der Waals surface area contributed by atoms with E-state index in [1.54, 1.807) is 0 Å². The molecule has 2 fully saturated rings. The molecule has 1 amide bonds. The topological polar surface area (TPSA) is 74.0 Å². The average Bonchev–Trinajstić information content (AvgIpc) is 3.36. The number of nitrogens with zero attached hydrogens (tertiary/aromatic N) is 4. The molecule has 2 aromatic carbocycles. The molecule has 0 atom stereocenters. The highest BCUT2D eigenvalue weighted by atomic mass is 32.1. The van der Waals surface area contributed by atoms with Crippen LogP contribution in [-0.2, 0) is 6.54 Å². The van der Waals surface area contributed by atoms with Crippen LogP contribution >= 0.6 is 11.5 Å². The highest BCUT2D eigenvalue weighted by Gasteiger charge is 2.25. The van der Waals surface area contributed by atoms with Gasteiger partial charge in [-0.15, -0.1) is 0 Å². The lowest BCUT2D eigenvalue weighted by atomic mass is 10.0. The first-order valence-electron chi connectivity index (χ1n) is 11.7. The number of nitrogens with one attached hydrogen (secondary N) is 1. The summed E-state index contributed by atoms with van der Waals surface area (Å²) < 4.78 is 4.55. The van der Waals surface area contributed by atoms with Gasteiger partial charge in [0, 0.05) is 41.3 Å². The van der Waals surface area contributed by atoms with Gasteiger partial charge < -0.3 is 19.8 Å². The van der Waals surface area contributed by atoms with E-state index in [1.165, 1.54) is 22.0 Å². The Labute approximate surface area is 198 Å². The van der Waals surface area contributed by atoms with Crippen LogP contribution < -0.4 is 9.80 Å². The Morgan fingerprint density at radius 1 is 1.03 bits per heavy atom. The molecule has 0 saturated carbocycles. The van der Waals surface area contributed by atoms with Crippen LogP contribution in [0.2, 0.25) is 0 Å². The maximum Gasteiger partial charge on any atom is 0.253 e. The molecule has 2 aliphatic rings. The molecular weight excluding hydrogens is 434 g/mol. The molecule has 0 aliphatic carbocycles. The van der Waals surface area contributed by atoms with Crippen molar-refractivity contribution in [1.82, 2.24) is 14.3 Å². The summed E-state index contributed by atoms with van der Waals surface area (Å²) in [7, 11) is 0.